The van der Waals surface area contributed by atoms with Crippen LogP contribution in [-0.4, -0.2) is 44.1 Å². The zero-order chi connectivity index (χ0) is 14.8. The molecule has 1 heterocycles. The lowest BCUT2D eigenvalue weighted by molar-refractivity contribution is 0.169. The highest BCUT2D eigenvalue weighted by atomic mass is 32.2. The van der Waals surface area contributed by atoms with Gasteiger partial charge in [0.2, 0.25) is 0 Å². The maximum absolute atomic E-state index is 12.1. The number of nitrogens with zero attached hydrogens (tertiary/aromatic N) is 1. The van der Waals surface area contributed by atoms with Crippen molar-refractivity contribution >= 4 is 10.2 Å². The van der Waals surface area contributed by atoms with Gasteiger partial charge in [-0.15, -0.1) is 0 Å². The van der Waals surface area contributed by atoms with Crippen LogP contribution in [-0.2, 0) is 10.2 Å². The summed E-state index contributed by atoms with van der Waals surface area (Å²) in [5.41, 5.74) is 0. The summed E-state index contributed by atoms with van der Waals surface area (Å²) in [5.74, 6) is 0.264. The van der Waals surface area contributed by atoms with Crippen molar-refractivity contribution in [3.8, 4) is 0 Å². The van der Waals surface area contributed by atoms with Gasteiger partial charge in [0.05, 0.1) is 0 Å². The zero-order valence-electron chi connectivity index (χ0n) is 12.7. The van der Waals surface area contributed by atoms with Crippen LogP contribution in [0.2, 0.25) is 0 Å². The Bertz CT molecular complexity index is 338. The molecule has 120 valence electrons. The van der Waals surface area contributed by atoms with Crippen LogP contribution in [0.4, 0.5) is 0 Å². The lowest BCUT2D eigenvalue weighted by atomic mass is 10.00. The van der Waals surface area contributed by atoms with Crippen LogP contribution >= 0.6 is 0 Å². The SMILES string of the molecule is CCCCCCCCNS(=O)(=O)N1CCC(CO)CC1. The van der Waals surface area contributed by atoms with E-state index in [2.05, 4.69) is 11.6 Å². The van der Waals surface area contributed by atoms with Gasteiger partial charge in [-0.2, -0.15) is 12.7 Å². The largest absolute Gasteiger partial charge is 0.396 e. The predicted octanol–water partition coefficient (Wildman–Crippen LogP) is 1.89. The molecule has 2 N–H and O–H groups in total. The molecule has 1 fully saturated rings. The quantitative estimate of drug-likeness (QED) is 0.606. The van der Waals surface area contributed by atoms with Gasteiger partial charge in [-0.1, -0.05) is 39.0 Å². The molecule has 1 rings (SSSR count). The second-order valence-electron chi connectivity index (χ2n) is 5.69. The molecule has 0 amide bonds. The number of hydrogen-bond acceptors (Lipinski definition) is 3. The van der Waals surface area contributed by atoms with E-state index in [0.717, 1.165) is 25.7 Å². The van der Waals surface area contributed by atoms with E-state index in [1.165, 1.54) is 30.0 Å². The fourth-order valence-electron chi connectivity index (χ4n) is 2.53. The molecule has 0 unspecified atom stereocenters. The molecule has 20 heavy (non-hydrogen) atoms. The van der Waals surface area contributed by atoms with Crippen molar-refractivity contribution in [3.05, 3.63) is 0 Å². The normalized spacial score (nSPS) is 18.5. The third-order valence-electron chi connectivity index (χ3n) is 3.99. The van der Waals surface area contributed by atoms with Gasteiger partial charge in [0.15, 0.2) is 0 Å². The van der Waals surface area contributed by atoms with E-state index in [4.69, 9.17) is 5.11 Å². The maximum atomic E-state index is 12.1. The monoisotopic (exact) mass is 306 g/mol. The fraction of sp³-hybridized carbons (Fsp3) is 1.00. The minimum absolute atomic E-state index is 0.166. The van der Waals surface area contributed by atoms with Crippen LogP contribution in [0.3, 0.4) is 0 Å². The van der Waals surface area contributed by atoms with E-state index >= 15 is 0 Å². The first kappa shape index (κ1) is 17.9. The number of rotatable bonds is 10. The van der Waals surface area contributed by atoms with Crippen LogP contribution in [0.15, 0.2) is 0 Å². The molecule has 6 heteroatoms. The average molecular weight is 306 g/mol. The molecule has 0 aromatic rings. The lowest BCUT2D eigenvalue weighted by Gasteiger charge is -2.30. The molecule has 0 aliphatic carbocycles. The Morgan fingerprint density at radius 3 is 2.30 bits per heavy atom. The summed E-state index contributed by atoms with van der Waals surface area (Å²) in [6.45, 7) is 3.94. The first-order valence-corrected chi connectivity index (χ1v) is 9.39. The van der Waals surface area contributed by atoms with Gasteiger partial charge in [0.1, 0.15) is 0 Å². The molecular formula is C14H30N2O3S. The van der Waals surface area contributed by atoms with E-state index in [1.807, 2.05) is 0 Å². The zero-order valence-corrected chi connectivity index (χ0v) is 13.5. The fourth-order valence-corrected chi connectivity index (χ4v) is 3.81. The van der Waals surface area contributed by atoms with Gasteiger partial charge in [-0.25, -0.2) is 4.72 Å². The van der Waals surface area contributed by atoms with Gasteiger partial charge >= 0.3 is 0 Å². The molecule has 0 spiro atoms. The highest BCUT2D eigenvalue weighted by molar-refractivity contribution is 7.87. The predicted molar refractivity (Wildman–Crippen MR) is 81.7 cm³/mol. The van der Waals surface area contributed by atoms with Crippen molar-refractivity contribution in [3.63, 3.8) is 0 Å². The van der Waals surface area contributed by atoms with Crippen molar-refractivity contribution in [2.45, 2.75) is 58.3 Å². The summed E-state index contributed by atoms with van der Waals surface area (Å²) in [6.07, 6.45) is 8.46. The molecule has 0 bridgehead atoms. The van der Waals surface area contributed by atoms with E-state index in [0.29, 0.717) is 19.6 Å². The van der Waals surface area contributed by atoms with Gasteiger partial charge < -0.3 is 5.11 Å². The van der Waals surface area contributed by atoms with Crippen LogP contribution in [0, 0.1) is 5.92 Å². The summed E-state index contributed by atoms with van der Waals surface area (Å²) in [4.78, 5) is 0. The van der Waals surface area contributed by atoms with E-state index in [1.54, 1.807) is 0 Å². The topological polar surface area (TPSA) is 69.6 Å². The van der Waals surface area contributed by atoms with Gasteiger partial charge in [0, 0.05) is 26.2 Å². The molecule has 0 saturated carbocycles. The lowest BCUT2D eigenvalue weighted by Crippen LogP contribution is -2.45. The number of nitrogens with one attached hydrogen (secondary N) is 1. The Balaban J connectivity index is 2.15. The molecule has 0 radical (unpaired) electrons. The summed E-state index contributed by atoms with van der Waals surface area (Å²) < 4.78 is 28.3. The Labute approximate surface area is 123 Å². The Kier molecular flexibility index (Phi) is 8.68. The van der Waals surface area contributed by atoms with E-state index in [-0.39, 0.29) is 12.5 Å². The minimum Gasteiger partial charge on any atom is -0.396 e. The summed E-state index contributed by atoms with van der Waals surface area (Å²) in [6, 6.07) is 0. The molecular weight excluding hydrogens is 276 g/mol. The van der Waals surface area contributed by atoms with Crippen LogP contribution in [0.25, 0.3) is 0 Å². The number of piperidine rings is 1. The van der Waals surface area contributed by atoms with Crippen LogP contribution in [0.1, 0.15) is 58.3 Å². The van der Waals surface area contributed by atoms with Gasteiger partial charge in [-0.3, -0.25) is 0 Å². The van der Waals surface area contributed by atoms with Gasteiger partial charge in [0.25, 0.3) is 10.2 Å². The molecule has 1 aliphatic rings. The van der Waals surface area contributed by atoms with Gasteiger partial charge in [-0.05, 0) is 25.2 Å². The van der Waals surface area contributed by atoms with Crippen molar-refractivity contribution < 1.29 is 13.5 Å². The number of unbranched alkanes of at least 4 members (excludes halogenated alkanes) is 5. The standard InChI is InChI=1S/C14H30N2O3S/c1-2-3-4-5-6-7-10-15-20(18,19)16-11-8-14(13-17)9-12-16/h14-15,17H,2-13H2,1H3. The third-order valence-corrected chi connectivity index (χ3v) is 5.60. The molecule has 5 nitrogen and oxygen atoms in total. The van der Waals surface area contributed by atoms with Crippen LogP contribution in [0.5, 0.6) is 0 Å². The Hall–Kier alpha value is -0.170. The molecule has 0 aromatic heterocycles. The second-order valence-corrected chi connectivity index (χ2v) is 7.45. The second kappa shape index (κ2) is 9.71. The summed E-state index contributed by atoms with van der Waals surface area (Å²) in [7, 11) is -3.31. The smallest absolute Gasteiger partial charge is 0.279 e. The van der Waals surface area contributed by atoms with Crippen LogP contribution < -0.4 is 4.72 Å². The van der Waals surface area contributed by atoms with E-state index in [9.17, 15) is 8.42 Å². The molecule has 1 saturated heterocycles. The average Bonchev–Trinajstić information content (AvgIpc) is 2.46. The highest BCUT2D eigenvalue weighted by Gasteiger charge is 2.26. The first-order valence-electron chi connectivity index (χ1n) is 7.95. The Morgan fingerprint density at radius 1 is 1.10 bits per heavy atom. The number of hydrogen-bond donors (Lipinski definition) is 2. The Morgan fingerprint density at radius 2 is 1.70 bits per heavy atom. The minimum atomic E-state index is -3.31. The maximum Gasteiger partial charge on any atom is 0.279 e. The van der Waals surface area contributed by atoms with E-state index < -0.39 is 10.2 Å². The van der Waals surface area contributed by atoms with Crippen molar-refractivity contribution in [2.24, 2.45) is 5.92 Å². The summed E-state index contributed by atoms with van der Waals surface area (Å²) in [5, 5.41) is 9.06. The number of aliphatic hydroxyl groups is 1. The third kappa shape index (κ3) is 6.52. The molecule has 0 aromatic carbocycles. The molecule has 1 aliphatic heterocycles. The molecule has 0 atom stereocenters. The van der Waals surface area contributed by atoms with Crippen molar-refractivity contribution in [1.82, 2.24) is 9.03 Å². The van der Waals surface area contributed by atoms with Crippen molar-refractivity contribution in [2.75, 3.05) is 26.2 Å². The highest BCUT2D eigenvalue weighted by Crippen LogP contribution is 2.18. The first-order chi connectivity index (χ1) is 9.60. The van der Waals surface area contributed by atoms with Crippen molar-refractivity contribution in [1.29, 1.82) is 0 Å². The summed E-state index contributed by atoms with van der Waals surface area (Å²) >= 11 is 0. The number of aliphatic hydroxyl groups excluding tert-OH is 1.